The number of hydrogen-bond donors (Lipinski definition) is 1. The van der Waals surface area contributed by atoms with E-state index in [1.165, 1.54) is 6.92 Å². The number of rotatable bonds is 2. The third-order valence-electron chi connectivity index (χ3n) is 2.34. The molecule has 0 aromatic heterocycles. The minimum atomic E-state index is -1.72. The van der Waals surface area contributed by atoms with Crippen LogP contribution in [0.4, 0.5) is 4.39 Å². The lowest BCUT2D eigenvalue weighted by molar-refractivity contribution is -0.132. The van der Waals surface area contributed by atoms with E-state index in [0.717, 1.165) is 12.8 Å². The van der Waals surface area contributed by atoms with Gasteiger partial charge in [-0.25, -0.2) is 4.39 Å². The van der Waals surface area contributed by atoms with Crippen molar-refractivity contribution in [2.45, 2.75) is 44.3 Å². The quantitative estimate of drug-likeness (QED) is 0.703. The van der Waals surface area contributed by atoms with Crippen molar-refractivity contribution in [3.8, 4) is 6.07 Å². The van der Waals surface area contributed by atoms with Crippen LogP contribution in [0.5, 0.6) is 0 Å². The minimum Gasteiger partial charge on any atom is -0.338 e. The van der Waals surface area contributed by atoms with Gasteiger partial charge in [-0.05, 0) is 32.6 Å². The standard InChI is InChI=1S/C9H13FN2O/c1-7(6-11)12-8(13)9(10)4-2-3-5-9/h7H,2-5H2,1H3,(H,12,13). The molecule has 72 valence electrons. The zero-order valence-corrected chi connectivity index (χ0v) is 7.64. The van der Waals surface area contributed by atoms with E-state index in [-0.39, 0.29) is 12.8 Å². The normalized spacial score (nSPS) is 21.9. The van der Waals surface area contributed by atoms with Crippen LogP contribution < -0.4 is 5.32 Å². The second-order valence-corrected chi connectivity index (χ2v) is 3.50. The number of carbonyl (C=O) groups excluding carboxylic acids is 1. The Kier molecular flexibility index (Phi) is 2.86. The van der Waals surface area contributed by atoms with Gasteiger partial charge in [0.15, 0.2) is 5.67 Å². The molecule has 1 atom stereocenters. The molecular weight excluding hydrogens is 171 g/mol. The Hall–Kier alpha value is -1.11. The van der Waals surface area contributed by atoms with Crippen molar-refractivity contribution in [3.05, 3.63) is 0 Å². The lowest BCUT2D eigenvalue weighted by Crippen LogP contribution is -2.44. The maximum absolute atomic E-state index is 13.7. The molecule has 1 saturated carbocycles. The molecule has 13 heavy (non-hydrogen) atoms. The van der Waals surface area contributed by atoms with E-state index in [0.29, 0.717) is 0 Å². The van der Waals surface area contributed by atoms with Gasteiger partial charge in [-0.3, -0.25) is 4.79 Å². The van der Waals surface area contributed by atoms with Crippen molar-refractivity contribution in [1.29, 1.82) is 5.26 Å². The predicted octanol–water partition coefficient (Wildman–Crippen LogP) is 1.30. The molecule has 0 bridgehead atoms. The molecule has 1 unspecified atom stereocenters. The zero-order chi connectivity index (χ0) is 9.90. The van der Waals surface area contributed by atoms with Crippen LogP contribution in [-0.2, 0) is 4.79 Å². The third-order valence-corrected chi connectivity index (χ3v) is 2.34. The highest BCUT2D eigenvalue weighted by Crippen LogP contribution is 2.33. The summed E-state index contributed by atoms with van der Waals surface area (Å²) in [4.78, 5) is 11.3. The molecule has 0 aliphatic heterocycles. The van der Waals surface area contributed by atoms with Crippen LogP contribution in [0, 0.1) is 11.3 Å². The second kappa shape index (κ2) is 3.73. The number of hydrogen-bond acceptors (Lipinski definition) is 2. The lowest BCUT2D eigenvalue weighted by Gasteiger charge is -2.18. The Balaban J connectivity index is 2.52. The highest BCUT2D eigenvalue weighted by Gasteiger charge is 2.41. The number of alkyl halides is 1. The lowest BCUT2D eigenvalue weighted by atomic mass is 10.0. The van der Waals surface area contributed by atoms with Gasteiger partial charge in [0, 0.05) is 0 Å². The van der Waals surface area contributed by atoms with Crippen LogP contribution >= 0.6 is 0 Å². The summed E-state index contributed by atoms with van der Waals surface area (Å²) < 4.78 is 13.7. The van der Waals surface area contributed by atoms with Crippen molar-refractivity contribution in [2.24, 2.45) is 0 Å². The summed E-state index contributed by atoms with van der Waals surface area (Å²) in [6.45, 7) is 1.54. The van der Waals surface area contributed by atoms with Gasteiger partial charge in [0.2, 0.25) is 0 Å². The molecule has 1 fully saturated rings. The van der Waals surface area contributed by atoms with Crippen molar-refractivity contribution >= 4 is 5.91 Å². The van der Waals surface area contributed by atoms with Gasteiger partial charge >= 0.3 is 0 Å². The van der Waals surface area contributed by atoms with Gasteiger partial charge in [-0.2, -0.15) is 5.26 Å². The molecule has 1 aliphatic rings. The second-order valence-electron chi connectivity index (χ2n) is 3.50. The van der Waals surface area contributed by atoms with E-state index in [1.807, 2.05) is 6.07 Å². The van der Waals surface area contributed by atoms with Gasteiger partial charge in [-0.15, -0.1) is 0 Å². The van der Waals surface area contributed by atoms with Crippen LogP contribution in [0.1, 0.15) is 32.6 Å². The van der Waals surface area contributed by atoms with Crippen LogP contribution in [0.25, 0.3) is 0 Å². The maximum atomic E-state index is 13.7. The smallest absolute Gasteiger partial charge is 0.258 e. The van der Waals surface area contributed by atoms with E-state index in [1.54, 1.807) is 0 Å². The molecule has 0 spiro atoms. The maximum Gasteiger partial charge on any atom is 0.258 e. The van der Waals surface area contributed by atoms with E-state index < -0.39 is 17.6 Å². The van der Waals surface area contributed by atoms with Crippen LogP contribution in [-0.4, -0.2) is 17.6 Å². The average Bonchev–Trinajstić information content (AvgIpc) is 2.53. The first kappa shape index (κ1) is 9.97. The summed E-state index contributed by atoms with van der Waals surface area (Å²) in [7, 11) is 0. The zero-order valence-electron chi connectivity index (χ0n) is 7.64. The first-order valence-electron chi connectivity index (χ1n) is 4.48. The Morgan fingerprint density at radius 3 is 2.62 bits per heavy atom. The number of halogens is 1. The molecule has 1 rings (SSSR count). The topological polar surface area (TPSA) is 52.9 Å². The molecule has 1 N–H and O–H groups in total. The number of nitrogens with zero attached hydrogens (tertiary/aromatic N) is 1. The molecule has 0 radical (unpaired) electrons. The van der Waals surface area contributed by atoms with Crippen LogP contribution in [0.15, 0.2) is 0 Å². The fourth-order valence-electron chi connectivity index (χ4n) is 1.52. The van der Waals surface area contributed by atoms with E-state index in [9.17, 15) is 9.18 Å². The number of carbonyl (C=O) groups is 1. The van der Waals surface area contributed by atoms with Gasteiger partial charge in [0.1, 0.15) is 6.04 Å². The van der Waals surface area contributed by atoms with Crippen LogP contribution in [0.2, 0.25) is 0 Å². The first-order valence-corrected chi connectivity index (χ1v) is 4.48. The fourth-order valence-corrected chi connectivity index (χ4v) is 1.52. The largest absolute Gasteiger partial charge is 0.338 e. The Morgan fingerprint density at radius 2 is 2.15 bits per heavy atom. The monoisotopic (exact) mass is 184 g/mol. The van der Waals surface area contributed by atoms with Gasteiger partial charge < -0.3 is 5.32 Å². The SMILES string of the molecule is CC(C#N)NC(=O)C1(F)CCCC1. The van der Waals surface area contributed by atoms with Crippen molar-refractivity contribution in [2.75, 3.05) is 0 Å². The summed E-state index contributed by atoms with van der Waals surface area (Å²) >= 11 is 0. The van der Waals surface area contributed by atoms with Gasteiger partial charge in [0.25, 0.3) is 5.91 Å². The molecule has 4 heteroatoms. The van der Waals surface area contributed by atoms with E-state index in [2.05, 4.69) is 5.32 Å². The number of nitriles is 1. The Morgan fingerprint density at radius 1 is 1.62 bits per heavy atom. The molecule has 0 aromatic carbocycles. The van der Waals surface area contributed by atoms with Crippen LogP contribution in [0.3, 0.4) is 0 Å². The summed E-state index contributed by atoms with van der Waals surface area (Å²) in [5, 5.41) is 10.8. The van der Waals surface area contributed by atoms with Gasteiger partial charge in [-0.1, -0.05) is 0 Å². The number of nitrogens with one attached hydrogen (secondary N) is 1. The Labute approximate surface area is 76.9 Å². The van der Waals surface area contributed by atoms with Crippen molar-refractivity contribution in [1.82, 2.24) is 5.32 Å². The fraction of sp³-hybridized carbons (Fsp3) is 0.778. The summed E-state index contributed by atoms with van der Waals surface area (Å²) in [6.07, 6.45) is 2.09. The summed E-state index contributed by atoms with van der Waals surface area (Å²) in [6, 6.07) is 1.23. The van der Waals surface area contributed by atoms with Crippen molar-refractivity contribution < 1.29 is 9.18 Å². The molecule has 0 aromatic rings. The first-order chi connectivity index (χ1) is 6.08. The van der Waals surface area contributed by atoms with E-state index in [4.69, 9.17) is 5.26 Å². The minimum absolute atomic E-state index is 0.289. The highest BCUT2D eigenvalue weighted by molar-refractivity contribution is 5.85. The molecule has 3 nitrogen and oxygen atoms in total. The Bertz CT molecular complexity index is 240. The molecule has 1 aliphatic carbocycles. The third kappa shape index (κ3) is 2.18. The highest BCUT2D eigenvalue weighted by atomic mass is 19.1. The molecule has 1 amide bonds. The summed E-state index contributed by atoms with van der Waals surface area (Å²) in [5.74, 6) is -0.626. The predicted molar refractivity (Wildman–Crippen MR) is 45.5 cm³/mol. The van der Waals surface area contributed by atoms with E-state index >= 15 is 0 Å². The summed E-state index contributed by atoms with van der Waals surface area (Å²) in [5.41, 5.74) is -1.72. The molecule has 0 heterocycles. The van der Waals surface area contributed by atoms with Crippen molar-refractivity contribution in [3.63, 3.8) is 0 Å². The average molecular weight is 184 g/mol. The number of amides is 1. The van der Waals surface area contributed by atoms with Gasteiger partial charge in [0.05, 0.1) is 6.07 Å². The molecule has 0 saturated heterocycles. The molecular formula is C9H13FN2O.